The number of Topliss-reactive ketones (excluding diaryl/α,β-unsaturated/α-hetero) is 1. The molecule has 4 aromatic rings. The first kappa shape index (κ1) is 23.3. The molecule has 35 heavy (non-hydrogen) atoms. The molecule has 1 unspecified atom stereocenters. The average molecular weight is 528 g/mol. The maximum Gasteiger partial charge on any atom is 0.296 e. The summed E-state index contributed by atoms with van der Waals surface area (Å²) in [5.74, 6) is -2.12. The van der Waals surface area contributed by atoms with Crippen molar-refractivity contribution in [3.63, 3.8) is 0 Å². The van der Waals surface area contributed by atoms with Gasteiger partial charge in [-0.2, -0.15) is 0 Å². The van der Waals surface area contributed by atoms with Crippen molar-refractivity contribution in [1.82, 2.24) is 10.2 Å². The molecule has 0 spiro atoms. The largest absolute Gasteiger partial charge is 0.503 e. The molecule has 1 amide bonds. The molecule has 0 saturated heterocycles. The highest BCUT2D eigenvalue weighted by Crippen LogP contribution is 2.44. The molecule has 5 rings (SSSR count). The van der Waals surface area contributed by atoms with Crippen LogP contribution in [-0.4, -0.2) is 27.0 Å². The number of carbonyl (C=O) groups is 2. The number of aliphatic hydroxyl groups is 1. The number of nitrogens with zero attached hydrogens (tertiary/aromatic N) is 3. The summed E-state index contributed by atoms with van der Waals surface area (Å²) in [5, 5.41) is 19.6. The lowest BCUT2D eigenvalue weighted by molar-refractivity contribution is -0.117. The molecule has 1 atom stereocenters. The molecule has 1 N–H and O–H groups in total. The van der Waals surface area contributed by atoms with Gasteiger partial charge < -0.3 is 9.52 Å². The summed E-state index contributed by atoms with van der Waals surface area (Å²) >= 11 is 8.40. The maximum absolute atomic E-state index is 14.0. The fourth-order valence-corrected chi connectivity index (χ4v) is 5.63. The smallest absolute Gasteiger partial charge is 0.296 e. The third-order valence-electron chi connectivity index (χ3n) is 5.29. The van der Waals surface area contributed by atoms with Gasteiger partial charge in [0.1, 0.15) is 5.82 Å². The first-order valence-electron chi connectivity index (χ1n) is 10.2. The molecule has 11 heteroatoms. The minimum Gasteiger partial charge on any atom is -0.503 e. The Balaban J connectivity index is 1.49. The van der Waals surface area contributed by atoms with Gasteiger partial charge in [-0.1, -0.05) is 65.0 Å². The Kier molecular flexibility index (Phi) is 6.42. The summed E-state index contributed by atoms with van der Waals surface area (Å²) in [6, 6.07) is 15.0. The quantitative estimate of drug-likeness (QED) is 0.179. The van der Waals surface area contributed by atoms with E-state index >= 15 is 0 Å². The fourth-order valence-electron chi connectivity index (χ4n) is 3.65. The molecule has 1 aliphatic heterocycles. The molecule has 7 nitrogen and oxygen atoms in total. The molecular weight excluding hydrogens is 513 g/mol. The molecule has 176 valence electrons. The van der Waals surface area contributed by atoms with E-state index < -0.39 is 23.5 Å². The van der Waals surface area contributed by atoms with Crippen LogP contribution in [0.2, 0.25) is 5.02 Å². The Hall–Kier alpha value is -3.47. The van der Waals surface area contributed by atoms with Crippen molar-refractivity contribution in [2.45, 2.75) is 16.1 Å². The number of ketones is 1. The SMILES string of the molecule is O=C(C1=C(O)C(=O)N(c2nnc(SCc3ccccc3F)s2)C1c1ccc(Cl)cc1)c1ccco1. The Bertz CT molecular complexity index is 1440. The molecule has 2 aromatic carbocycles. The van der Waals surface area contributed by atoms with E-state index in [1.54, 1.807) is 48.5 Å². The number of rotatable bonds is 7. The van der Waals surface area contributed by atoms with Crippen LogP contribution >= 0.6 is 34.7 Å². The molecular formula is C24H15ClFN3O4S2. The predicted octanol–water partition coefficient (Wildman–Crippen LogP) is 6.00. The molecule has 0 aliphatic carbocycles. The molecule has 0 saturated carbocycles. The van der Waals surface area contributed by atoms with E-state index in [9.17, 15) is 19.1 Å². The standard InChI is InChI=1S/C24H15ClFN3O4S2/c25-15-9-7-13(8-10-15)19-18(20(30)17-6-3-11-33-17)21(31)22(32)29(19)23-27-28-24(35-23)34-12-14-4-1-2-5-16(14)26/h1-11,19,31H,12H2. The average Bonchev–Trinajstić information content (AvgIpc) is 3.60. The molecule has 3 heterocycles. The highest BCUT2D eigenvalue weighted by Gasteiger charge is 2.46. The second kappa shape index (κ2) is 9.65. The number of thioether (sulfide) groups is 1. The Morgan fingerprint density at radius 1 is 1.14 bits per heavy atom. The van der Waals surface area contributed by atoms with Crippen molar-refractivity contribution in [2.75, 3.05) is 4.90 Å². The van der Waals surface area contributed by atoms with Gasteiger partial charge in [0.15, 0.2) is 15.9 Å². The van der Waals surface area contributed by atoms with Crippen LogP contribution in [0.4, 0.5) is 9.52 Å². The van der Waals surface area contributed by atoms with Crippen molar-refractivity contribution in [1.29, 1.82) is 0 Å². The lowest BCUT2D eigenvalue weighted by Gasteiger charge is -2.23. The first-order chi connectivity index (χ1) is 16.9. The number of hydrogen-bond donors (Lipinski definition) is 1. The summed E-state index contributed by atoms with van der Waals surface area (Å²) in [4.78, 5) is 27.6. The Morgan fingerprint density at radius 3 is 2.63 bits per heavy atom. The predicted molar refractivity (Wildman–Crippen MR) is 130 cm³/mol. The van der Waals surface area contributed by atoms with Gasteiger partial charge in [0.25, 0.3) is 5.91 Å². The maximum atomic E-state index is 14.0. The molecule has 0 bridgehead atoms. The van der Waals surface area contributed by atoms with E-state index in [1.165, 1.54) is 35.1 Å². The third kappa shape index (κ3) is 4.47. The van der Waals surface area contributed by atoms with Crippen molar-refractivity contribution in [2.24, 2.45) is 0 Å². The van der Waals surface area contributed by atoms with Gasteiger partial charge in [-0.15, -0.1) is 10.2 Å². The summed E-state index contributed by atoms with van der Waals surface area (Å²) in [7, 11) is 0. The molecule has 1 aliphatic rings. The summed E-state index contributed by atoms with van der Waals surface area (Å²) in [6.45, 7) is 0. The van der Waals surface area contributed by atoms with Crippen LogP contribution in [-0.2, 0) is 10.5 Å². The van der Waals surface area contributed by atoms with Crippen molar-refractivity contribution >= 4 is 51.5 Å². The highest BCUT2D eigenvalue weighted by atomic mass is 35.5. The van der Waals surface area contributed by atoms with Crippen LogP contribution in [0.5, 0.6) is 0 Å². The van der Waals surface area contributed by atoms with Gasteiger partial charge in [0.05, 0.1) is 17.9 Å². The van der Waals surface area contributed by atoms with Crippen molar-refractivity contribution in [3.8, 4) is 0 Å². The number of carbonyl (C=O) groups excluding carboxylic acids is 2. The number of aliphatic hydroxyl groups excluding tert-OH is 1. The minimum absolute atomic E-state index is 0.0152. The van der Waals surface area contributed by atoms with E-state index in [4.69, 9.17) is 16.0 Å². The lowest BCUT2D eigenvalue weighted by atomic mass is 9.95. The van der Waals surface area contributed by atoms with E-state index in [0.717, 1.165) is 11.3 Å². The van der Waals surface area contributed by atoms with E-state index in [1.807, 2.05) is 0 Å². The molecule has 0 radical (unpaired) electrons. The van der Waals surface area contributed by atoms with Gasteiger partial charge >= 0.3 is 0 Å². The second-order valence-corrected chi connectivity index (χ2v) is 10.0. The van der Waals surface area contributed by atoms with Gasteiger partial charge in [-0.3, -0.25) is 14.5 Å². The van der Waals surface area contributed by atoms with E-state index in [0.29, 0.717) is 26.2 Å². The Labute approximate surface area is 211 Å². The topological polar surface area (TPSA) is 96.5 Å². The third-order valence-corrected chi connectivity index (χ3v) is 7.65. The zero-order valence-electron chi connectivity index (χ0n) is 17.7. The van der Waals surface area contributed by atoms with Crippen LogP contribution in [0.1, 0.15) is 27.7 Å². The van der Waals surface area contributed by atoms with Gasteiger partial charge in [0, 0.05) is 10.8 Å². The van der Waals surface area contributed by atoms with Crippen LogP contribution in [0, 0.1) is 5.82 Å². The number of amides is 1. The van der Waals surface area contributed by atoms with E-state index in [2.05, 4.69) is 10.2 Å². The summed E-state index contributed by atoms with van der Waals surface area (Å²) in [5.41, 5.74) is 0.914. The monoisotopic (exact) mass is 527 g/mol. The number of aromatic nitrogens is 2. The fraction of sp³-hybridized carbons (Fsp3) is 0.0833. The van der Waals surface area contributed by atoms with Gasteiger partial charge in [0.2, 0.25) is 10.9 Å². The number of furan rings is 1. The molecule has 2 aromatic heterocycles. The van der Waals surface area contributed by atoms with Gasteiger partial charge in [-0.05, 0) is 41.5 Å². The highest BCUT2D eigenvalue weighted by molar-refractivity contribution is 8.00. The second-order valence-electron chi connectivity index (χ2n) is 7.43. The van der Waals surface area contributed by atoms with Crippen LogP contribution in [0.25, 0.3) is 0 Å². The van der Waals surface area contributed by atoms with E-state index in [-0.39, 0.29) is 22.3 Å². The lowest BCUT2D eigenvalue weighted by Crippen LogP contribution is -2.31. The minimum atomic E-state index is -0.977. The Morgan fingerprint density at radius 2 is 1.91 bits per heavy atom. The van der Waals surface area contributed by atoms with Crippen molar-refractivity contribution < 1.29 is 23.5 Å². The summed E-state index contributed by atoms with van der Waals surface area (Å²) < 4.78 is 19.7. The number of anilines is 1. The normalized spacial score (nSPS) is 15.8. The van der Waals surface area contributed by atoms with Crippen LogP contribution in [0.3, 0.4) is 0 Å². The number of halogens is 2. The zero-order chi connectivity index (χ0) is 24.5. The first-order valence-corrected chi connectivity index (χ1v) is 12.4. The van der Waals surface area contributed by atoms with Crippen LogP contribution < -0.4 is 4.90 Å². The molecule has 0 fully saturated rings. The van der Waals surface area contributed by atoms with Crippen LogP contribution in [0.15, 0.2) is 87.0 Å². The zero-order valence-corrected chi connectivity index (χ0v) is 20.1. The number of benzene rings is 2. The number of hydrogen-bond acceptors (Lipinski definition) is 8. The van der Waals surface area contributed by atoms with Gasteiger partial charge in [-0.25, -0.2) is 4.39 Å². The summed E-state index contributed by atoms with van der Waals surface area (Å²) in [6.07, 6.45) is 1.33. The van der Waals surface area contributed by atoms with Crippen molar-refractivity contribution in [3.05, 3.63) is 106 Å².